The number of alkyl halides is 2. The molecule has 0 aliphatic carbocycles. The van der Waals surface area contributed by atoms with E-state index in [1.165, 1.54) is 12.3 Å². The number of hydrogen-bond acceptors (Lipinski definition) is 3. The first-order valence-corrected chi connectivity index (χ1v) is 4.36. The SMILES string of the molecule is Cc1occc1C(=O)NCC(F)(F)CN. The molecule has 6 heteroatoms. The third-order valence-electron chi connectivity index (χ3n) is 1.91. The summed E-state index contributed by atoms with van der Waals surface area (Å²) in [5, 5.41) is 2.09. The van der Waals surface area contributed by atoms with Crippen molar-refractivity contribution in [2.75, 3.05) is 13.1 Å². The molecule has 0 saturated heterocycles. The van der Waals surface area contributed by atoms with Crippen LogP contribution in [0.3, 0.4) is 0 Å². The number of amides is 1. The zero-order valence-corrected chi connectivity index (χ0v) is 8.22. The zero-order valence-electron chi connectivity index (χ0n) is 8.22. The van der Waals surface area contributed by atoms with Crippen molar-refractivity contribution >= 4 is 5.91 Å². The van der Waals surface area contributed by atoms with Crippen molar-refractivity contribution in [1.82, 2.24) is 5.32 Å². The van der Waals surface area contributed by atoms with E-state index >= 15 is 0 Å². The molecule has 0 bridgehead atoms. The molecule has 1 aromatic heterocycles. The monoisotopic (exact) mass is 218 g/mol. The molecule has 0 radical (unpaired) electrons. The summed E-state index contributed by atoms with van der Waals surface area (Å²) in [5.41, 5.74) is 5.07. The molecule has 1 amide bonds. The van der Waals surface area contributed by atoms with E-state index in [0.29, 0.717) is 5.76 Å². The highest BCUT2D eigenvalue weighted by Crippen LogP contribution is 2.11. The fourth-order valence-electron chi connectivity index (χ4n) is 0.998. The van der Waals surface area contributed by atoms with Crippen molar-refractivity contribution in [3.05, 3.63) is 23.7 Å². The average Bonchev–Trinajstić information content (AvgIpc) is 2.61. The Kier molecular flexibility index (Phi) is 3.41. The van der Waals surface area contributed by atoms with Crippen molar-refractivity contribution < 1.29 is 18.0 Å². The lowest BCUT2D eigenvalue weighted by Crippen LogP contribution is -2.41. The number of hydrogen-bond donors (Lipinski definition) is 2. The van der Waals surface area contributed by atoms with Crippen molar-refractivity contribution in [1.29, 1.82) is 0 Å². The van der Waals surface area contributed by atoms with E-state index in [4.69, 9.17) is 10.2 Å². The Morgan fingerprint density at radius 2 is 2.33 bits per heavy atom. The first-order valence-electron chi connectivity index (χ1n) is 4.36. The van der Waals surface area contributed by atoms with Gasteiger partial charge in [0.1, 0.15) is 5.76 Å². The number of carbonyl (C=O) groups excluding carboxylic acids is 1. The van der Waals surface area contributed by atoms with Gasteiger partial charge in [0.15, 0.2) is 0 Å². The first-order chi connectivity index (χ1) is 6.96. The van der Waals surface area contributed by atoms with E-state index < -0.39 is 24.9 Å². The Morgan fingerprint density at radius 1 is 1.67 bits per heavy atom. The standard InChI is InChI=1S/C9H12F2N2O2/c1-6-7(2-3-15-6)8(14)13-5-9(10,11)4-12/h2-3H,4-5,12H2,1H3,(H,13,14). The van der Waals surface area contributed by atoms with Gasteiger partial charge in [-0.3, -0.25) is 4.79 Å². The van der Waals surface area contributed by atoms with Gasteiger partial charge in [-0.05, 0) is 13.0 Å². The molecular weight excluding hydrogens is 206 g/mol. The fourth-order valence-corrected chi connectivity index (χ4v) is 0.998. The predicted octanol–water partition coefficient (Wildman–Crippen LogP) is 0.912. The van der Waals surface area contributed by atoms with Crippen LogP contribution in [-0.4, -0.2) is 24.9 Å². The molecule has 3 N–H and O–H groups in total. The molecule has 1 heterocycles. The van der Waals surface area contributed by atoms with Crippen LogP contribution in [0, 0.1) is 6.92 Å². The smallest absolute Gasteiger partial charge is 0.277 e. The fraction of sp³-hybridized carbons (Fsp3) is 0.444. The summed E-state index contributed by atoms with van der Waals surface area (Å²) < 4.78 is 30.3. The summed E-state index contributed by atoms with van der Waals surface area (Å²) in [6.45, 7) is 0.0145. The minimum atomic E-state index is -3.08. The summed E-state index contributed by atoms with van der Waals surface area (Å²) in [4.78, 5) is 11.3. The Hall–Kier alpha value is -1.43. The maximum atomic E-state index is 12.7. The van der Waals surface area contributed by atoms with Gasteiger partial charge in [0.05, 0.1) is 24.9 Å². The third-order valence-corrected chi connectivity index (χ3v) is 1.91. The summed E-state index contributed by atoms with van der Waals surface area (Å²) in [6, 6.07) is 1.42. The number of carbonyl (C=O) groups is 1. The molecule has 84 valence electrons. The Balaban J connectivity index is 2.55. The predicted molar refractivity (Wildman–Crippen MR) is 49.8 cm³/mol. The van der Waals surface area contributed by atoms with Crippen LogP contribution in [-0.2, 0) is 0 Å². The van der Waals surface area contributed by atoms with Gasteiger partial charge in [-0.25, -0.2) is 8.78 Å². The van der Waals surface area contributed by atoms with Crippen LogP contribution in [0.1, 0.15) is 16.1 Å². The molecule has 1 aromatic rings. The molecule has 0 aliphatic rings. The average molecular weight is 218 g/mol. The number of nitrogens with one attached hydrogen (secondary N) is 1. The lowest BCUT2D eigenvalue weighted by atomic mass is 10.2. The van der Waals surface area contributed by atoms with Crippen molar-refractivity contribution in [2.24, 2.45) is 5.73 Å². The van der Waals surface area contributed by atoms with Crippen LogP contribution in [0.15, 0.2) is 16.7 Å². The summed E-state index contributed by atoms with van der Waals surface area (Å²) in [6.07, 6.45) is 1.32. The van der Waals surface area contributed by atoms with Gasteiger partial charge in [0.25, 0.3) is 11.8 Å². The maximum Gasteiger partial charge on any atom is 0.277 e. The van der Waals surface area contributed by atoms with Crippen LogP contribution in [0.2, 0.25) is 0 Å². The molecule has 1 rings (SSSR count). The molecular formula is C9H12F2N2O2. The lowest BCUT2D eigenvalue weighted by Gasteiger charge is -2.14. The highest BCUT2D eigenvalue weighted by atomic mass is 19.3. The highest BCUT2D eigenvalue weighted by molar-refractivity contribution is 5.95. The molecule has 0 atom stereocenters. The second-order valence-corrected chi connectivity index (χ2v) is 3.13. The Labute approximate surface area is 85.4 Å². The number of rotatable bonds is 4. The Bertz CT molecular complexity index is 350. The highest BCUT2D eigenvalue weighted by Gasteiger charge is 2.27. The number of aryl methyl sites for hydroxylation is 1. The lowest BCUT2D eigenvalue weighted by molar-refractivity contribution is 0.0118. The van der Waals surface area contributed by atoms with Crippen molar-refractivity contribution in [3.63, 3.8) is 0 Å². The molecule has 0 unspecified atom stereocenters. The van der Waals surface area contributed by atoms with Gasteiger partial charge < -0.3 is 15.5 Å². The zero-order chi connectivity index (χ0) is 11.5. The van der Waals surface area contributed by atoms with Crippen LogP contribution < -0.4 is 11.1 Å². The topological polar surface area (TPSA) is 68.3 Å². The Morgan fingerprint density at radius 3 is 2.80 bits per heavy atom. The quantitative estimate of drug-likeness (QED) is 0.789. The summed E-state index contributed by atoms with van der Waals surface area (Å²) >= 11 is 0. The second-order valence-electron chi connectivity index (χ2n) is 3.13. The molecule has 0 fully saturated rings. The van der Waals surface area contributed by atoms with E-state index in [0.717, 1.165) is 0 Å². The minimum absolute atomic E-state index is 0.253. The van der Waals surface area contributed by atoms with Gasteiger partial charge in [-0.1, -0.05) is 0 Å². The maximum absolute atomic E-state index is 12.7. The minimum Gasteiger partial charge on any atom is -0.469 e. The third kappa shape index (κ3) is 3.02. The van der Waals surface area contributed by atoms with E-state index in [2.05, 4.69) is 5.32 Å². The normalized spacial score (nSPS) is 11.5. The van der Waals surface area contributed by atoms with Gasteiger partial charge >= 0.3 is 0 Å². The van der Waals surface area contributed by atoms with Crippen LogP contribution >= 0.6 is 0 Å². The number of nitrogens with two attached hydrogens (primary N) is 1. The van der Waals surface area contributed by atoms with E-state index in [1.807, 2.05) is 0 Å². The molecule has 0 saturated carbocycles. The van der Waals surface area contributed by atoms with Gasteiger partial charge in [0.2, 0.25) is 0 Å². The molecule has 0 aliphatic heterocycles. The van der Waals surface area contributed by atoms with Gasteiger partial charge in [0, 0.05) is 0 Å². The summed E-state index contributed by atoms with van der Waals surface area (Å²) in [7, 11) is 0. The van der Waals surface area contributed by atoms with Gasteiger partial charge in [-0.15, -0.1) is 0 Å². The van der Waals surface area contributed by atoms with Crippen molar-refractivity contribution in [3.8, 4) is 0 Å². The molecule has 15 heavy (non-hydrogen) atoms. The summed E-state index contributed by atoms with van der Waals surface area (Å²) in [5.74, 6) is -3.27. The van der Waals surface area contributed by atoms with Crippen LogP contribution in [0.5, 0.6) is 0 Å². The molecule has 0 aromatic carbocycles. The number of furan rings is 1. The van der Waals surface area contributed by atoms with Crippen molar-refractivity contribution in [2.45, 2.75) is 12.8 Å². The number of halogens is 2. The van der Waals surface area contributed by atoms with Crippen LogP contribution in [0.25, 0.3) is 0 Å². The van der Waals surface area contributed by atoms with E-state index in [9.17, 15) is 13.6 Å². The largest absolute Gasteiger partial charge is 0.469 e. The van der Waals surface area contributed by atoms with Crippen LogP contribution in [0.4, 0.5) is 8.78 Å². The van der Waals surface area contributed by atoms with Gasteiger partial charge in [-0.2, -0.15) is 0 Å². The second kappa shape index (κ2) is 4.39. The molecule has 0 spiro atoms. The van der Waals surface area contributed by atoms with E-state index in [-0.39, 0.29) is 5.56 Å². The molecule has 4 nitrogen and oxygen atoms in total. The van der Waals surface area contributed by atoms with E-state index in [1.54, 1.807) is 6.92 Å². The first kappa shape index (κ1) is 11.6.